The fourth-order valence-corrected chi connectivity index (χ4v) is 5.10. The number of fused-ring (bicyclic) bond motifs is 1. The van der Waals surface area contributed by atoms with Gasteiger partial charge in [-0.05, 0) is 31.9 Å². The fraction of sp³-hybridized carbons (Fsp3) is 0.333. The van der Waals surface area contributed by atoms with Gasteiger partial charge < -0.3 is 15.1 Å². The van der Waals surface area contributed by atoms with Gasteiger partial charge in [0.25, 0.3) is 17.9 Å². The molecular weight excluding hydrogens is 462 g/mol. The minimum absolute atomic E-state index is 0.0695. The lowest BCUT2D eigenvalue weighted by molar-refractivity contribution is 0.0727. The minimum atomic E-state index is -2.54. The Bertz CT molecular complexity index is 1280. The van der Waals surface area contributed by atoms with Crippen LogP contribution in [0.15, 0.2) is 29.1 Å². The van der Waals surface area contributed by atoms with Crippen LogP contribution in [-0.2, 0) is 13.0 Å². The smallest absolute Gasteiger partial charge is 0.293 e. The SMILES string of the molecule is COn1c(N[CH-]c2ccc(C(F)F)cc2)nc2c(c1=O)CN(C(=O)c1c(C)sc(C)c1C)CC2. The van der Waals surface area contributed by atoms with Crippen LogP contribution in [0, 0.1) is 27.3 Å². The van der Waals surface area contributed by atoms with Crippen molar-refractivity contribution in [2.75, 3.05) is 19.0 Å². The highest BCUT2D eigenvalue weighted by Crippen LogP contribution is 2.29. The van der Waals surface area contributed by atoms with Crippen LogP contribution in [0.2, 0.25) is 0 Å². The molecule has 7 nitrogen and oxygen atoms in total. The van der Waals surface area contributed by atoms with Gasteiger partial charge in [0.2, 0.25) is 5.95 Å². The van der Waals surface area contributed by atoms with Gasteiger partial charge in [-0.2, -0.15) is 17.7 Å². The van der Waals surface area contributed by atoms with Crippen molar-refractivity contribution < 1.29 is 18.4 Å². The first kappa shape index (κ1) is 23.7. The van der Waals surface area contributed by atoms with Crippen LogP contribution in [0.3, 0.4) is 0 Å². The van der Waals surface area contributed by atoms with E-state index in [9.17, 15) is 18.4 Å². The van der Waals surface area contributed by atoms with Crippen molar-refractivity contribution in [3.05, 3.63) is 84.4 Å². The molecule has 1 aliphatic heterocycles. The zero-order chi connectivity index (χ0) is 24.6. The molecule has 1 amide bonds. The summed E-state index contributed by atoms with van der Waals surface area (Å²) in [4.78, 5) is 40.0. The summed E-state index contributed by atoms with van der Waals surface area (Å²) in [6, 6.07) is 5.77. The third kappa shape index (κ3) is 4.37. The molecule has 10 heteroatoms. The monoisotopic (exact) mass is 487 g/mol. The summed E-state index contributed by atoms with van der Waals surface area (Å²) in [6.45, 7) is 8.03. The van der Waals surface area contributed by atoms with E-state index in [-0.39, 0.29) is 24.0 Å². The highest BCUT2D eigenvalue weighted by Gasteiger charge is 2.29. The van der Waals surface area contributed by atoms with Crippen molar-refractivity contribution in [3.8, 4) is 0 Å². The Labute approximate surface area is 200 Å². The molecule has 0 radical (unpaired) electrons. The van der Waals surface area contributed by atoms with Crippen molar-refractivity contribution in [2.45, 2.75) is 40.2 Å². The van der Waals surface area contributed by atoms with E-state index in [1.165, 1.54) is 19.2 Å². The summed E-state index contributed by atoms with van der Waals surface area (Å²) < 4.78 is 26.5. The van der Waals surface area contributed by atoms with Gasteiger partial charge >= 0.3 is 0 Å². The molecule has 0 unspecified atom stereocenters. The van der Waals surface area contributed by atoms with Crippen LogP contribution in [0.25, 0.3) is 0 Å². The van der Waals surface area contributed by atoms with E-state index in [0.717, 1.165) is 20.0 Å². The summed E-state index contributed by atoms with van der Waals surface area (Å²) in [5.74, 6) is 0.0836. The predicted octanol–water partition coefficient (Wildman–Crippen LogP) is 4.05. The van der Waals surface area contributed by atoms with Crippen LogP contribution >= 0.6 is 11.3 Å². The molecule has 4 rings (SSSR count). The second kappa shape index (κ2) is 9.46. The quantitative estimate of drug-likeness (QED) is 0.531. The van der Waals surface area contributed by atoms with Gasteiger partial charge in [0, 0.05) is 22.7 Å². The van der Waals surface area contributed by atoms with Gasteiger partial charge in [-0.25, -0.2) is 13.8 Å². The summed E-state index contributed by atoms with van der Waals surface area (Å²) in [7, 11) is 1.35. The highest BCUT2D eigenvalue weighted by molar-refractivity contribution is 7.12. The average Bonchev–Trinajstić information content (AvgIpc) is 3.08. The van der Waals surface area contributed by atoms with Crippen molar-refractivity contribution in [1.29, 1.82) is 0 Å². The number of aromatic nitrogens is 2. The van der Waals surface area contributed by atoms with Gasteiger partial charge in [0.15, 0.2) is 0 Å². The second-order valence-corrected chi connectivity index (χ2v) is 9.52. The number of amides is 1. The van der Waals surface area contributed by atoms with Gasteiger partial charge in [0.05, 0.1) is 23.4 Å². The third-order valence-electron chi connectivity index (χ3n) is 5.99. The van der Waals surface area contributed by atoms with E-state index in [4.69, 9.17) is 4.84 Å². The minimum Gasteiger partial charge on any atom is -0.411 e. The molecule has 3 heterocycles. The molecule has 180 valence electrons. The summed E-state index contributed by atoms with van der Waals surface area (Å²) in [5.41, 5.74) is 2.85. The first-order valence-electron chi connectivity index (χ1n) is 10.7. The summed E-state index contributed by atoms with van der Waals surface area (Å²) >= 11 is 1.60. The van der Waals surface area contributed by atoms with Crippen molar-refractivity contribution >= 4 is 23.2 Å². The van der Waals surface area contributed by atoms with E-state index in [1.54, 1.807) is 34.9 Å². The number of halogens is 2. The normalized spacial score (nSPS) is 13.1. The lowest BCUT2D eigenvalue weighted by Crippen LogP contribution is -2.42. The molecule has 1 aliphatic rings. The molecule has 0 atom stereocenters. The largest absolute Gasteiger partial charge is 0.411 e. The van der Waals surface area contributed by atoms with E-state index in [1.807, 2.05) is 20.8 Å². The van der Waals surface area contributed by atoms with Crippen LogP contribution in [0.4, 0.5) is 14.7 Å². The van der Waals surface area contributed by atoms with Crippen molar-refractivity contribution in [1.82, 2.24) is 14.6 Å². The molecule has 0 saturated carbocycles. The number of nitrogens with zero attached hydrogens (tertiary/aromatic N) is 3. The number of alkyl halides is 2. The molecule has 1 N–H and O–H groups in total. The number of nitrogens with one attached hydrogen (secondary N) is 1. The molecule has 34 heavy (non-hydrogen) atoms. The van der Waals surface area contributed by atoms with Crippen molar-refractivity contribution in [2.24, 2.45) is 0 Å². The number of rotatable bonds is 6. The zero-order valence-electron chi connectivity index (χ0n) is 19.3. The number of hydrogen-bond acceptors (Lipinski definition) is 6. The van der Waals surface area contributed by atoms with E-state index in [2.05, 4.69) is 10.3 Å². The van der Waals surface area contributed by atoms with Crippen LogP contribution in [-0.4, -0.2) is 34.2 Å². The van der Waals surface area contributed by atoms with E-state index >= 15 is 0 Å². The van der Waals surface area contributed by atoms with E-state index < -0.39 is 12.0 Å². The number of carbonyl (C=O) groups is 1. The van der Waals surface area contributed by atoms with Crippen molar-refractivity contribution in [3.63, 3.8) is 0 Å². The van der Waals surface area contributed by atoms with Gasteiger partial charge in [-0.15, -0.1) is 28.2 Å². The Morgan fingerprint density at radius 1 is 1.21 bits per heavy atom. The Kier molecular flexibility index (Phi) is 6.60. The number of thiophene rings is 1. The number of aryl methyl sites for hydroxylation is 2. The van der Waals surface area contributed by atoms with Gasteiger partial charge in [0.1, 0.15) is 7.11 Å². The number of hydrogen-bond donors (Lipinski definition) is 1. The maximum atomic E-state index is 13.2. The lowest BCUT2D eigenvalue weighted by Gasteiger charge is -2.29. The van der Waals surface area contributed by atoms with E-state index in [0.29, 0.717) is 35.3 Å². The maximum absolute atomic E-state index is 13.2. The second-order valence-electron chi connectivity index (χ2n) is 8.09. The first-order valence-corrected chi connectivity index (χ1v) is 11.6. The lowest BCUT2D eigenvalue weighted by atomic mass is 10.0. The maximum Gasteiger partial charge on any atom is 0.293 e. The number of anilines is 1. The Hall–Kier alpha value is -3.40. The molecule has 0 fully saturated rings. The van der Waals surface area contributed by atoms with Crippen LogP contribution < -0.4 is 15.7 Å². The molecular formula is C24H25F2N4O3S-. The number of carbonyl (C=O) groups excluding carboxylic acids is 1. The Balaban J connectivity index is 1.56. The highest BCUT2D eigenvalue weighted by atomic mass is 32.1. The first-order chi connectivity index (χ1) is 16.2. The third-order valence-corrected chi connectivity index (χ3v) is 7.12. The molecule has 0 bridgehead atoms. The van der Waals surface area contributed by atoms with Gasteiger partial charge in [-0.3, -0.25) is 9.59 Å². The topological polar surface area (TPSA) is 76.5 Å². The molecule has 1 aromatic carbocycles. The van der Waals surface area contributed by atoms with Gasteiger partial charge in [-0.1, -0.05) is 6.54 Å². The predicted molar refractivity (Wildman–Crippen MR) is 126 cm³/mol. The summed E-state index contributed by atoms with van der Waals surface area (Å²) in [5, 5.41) is 2.93. The Morgan fingerprint density at radius 3 is 2.50 bits per heavy atom. The Morgan fingerprint density at radius 2 is 1.91 bits per heavy atom. The van der Waals surface area contributed by atoms with Crippen LogP contribution in [0.1, 0.15) is 54.5 Å². The zero-order valence-corrected chi connectivity index (χ0v) is 20.1. The summed E-state index contributed by atoms with van der Waals surface area (Å²) in [6.07, 6.45) is -2.11. The number of benzene rings is 1. The average molecular weight is 488 g/mol. The molecule has 0 saturated heterocycles. The van der Waals surface area contributed by atoms with Crippen LogP contribution in [0.5, 0.6) is 0 Å². The molecule has 3 aromatic rings. The molecule has 0 aliphatic carbocycles. The standard InChI is InChI=1S/C24H25F2N4O3S/c1-13-14(2)34-15(3)20(13)23(32)29-10-9-19-18(12-29)22(31)30(33-4)24(28-19)27-11-16-5-7-17(8-6-16)21(25)26/h5-8,11,21H,9-10,12H2,1-4H3,(H,27,28)/q-1. The molecule has 0 spiro atoms. The fourth-order valence-electron chi connectivity index (χ4n) is 4.05. The molecule has 2 aromatic heterocycles.